The molecule has 100 valence electrons. The molecule has 0 aliphatic carbocycles. The number of benzene rings is 1. The van der Waals surface area contributed by atoms with Crippen LogP contribution in [-0.2, 0) is 16.0 Å². The normalized spacial score (nSPS) is 12.6. The third-order valence-corrected chi connectivity index (χ3v) is 2.80. The van der Waals surface area contributed by atoms with Crippen molar-refractivity contribution >= 4 is 5.78 Å². The number of methoxy groups -OCH3 is 2. The molecular formula is C14H19FO3. The van der Waals surface area contributed by atoms with Crippen molar-refractivity contribution in [1.29, 1.82) is 0 Å². The van der Waals surface area contributed by atoms with Crippen molar-refractivity contribution < 1.29 is 18.7 Å². The maximum atomic E-state index is 13.9. The highest BCUT2D eigenvalue weighted by atomic mass is 19.1. The Kier molecular flexibility index (Phi) is 5.28. The summed E-state index contributed by atoms with van der Waals surface area (Å²) in [6.45, 7) is 3.79. The molecule has 0 bridgehead atoms. The summed E-state index contributed by atoms with van der Waals surface area (Å²) in [6, 6.07) is 4.78. The molecule has 0 spiro atoms. The maximum absolute atomic E-state index is 13.9. The number of hydrogen-bond donors (Lipinski definition) is 0. The van der Waals surface area contributed by atoms with Gasteiger partial charge in [0.2, 0.25) is 0 Å². The number of rotatable bonds is 6. The minimum Gasteiger partial charge on any atom is -0.494 e. The minimum atomic E-state index is -0.504. The molecule has 0 saturated heterocycles. The largest absolute Gasteiger partial charge is 0.494 e. The molecule has 3 nitrogen and oxygen atoms in total. The zero-order valence-corrected chi connectivity index (χ0v) is 11.2. The van der Waals surface area contributed by atoms with Gasteiger partial charge in [0.1, 0.15) is 6.10 Å². The molecule has 4 heteroatoms. The van der Waals surface area contributed by atoms with E-state index in [9.17, 15) is 9.18 Å². The molecule has 0 aliphatic rings. The van der Waals surface area contributed by atoms with Crippen molar-refractivity contribution in [2.24, 2.45) is 5.92 Å². The quantitative estimate of drug-likeness (QED) is 0.782. The molecule has 0 amide bonds. The Labute approximate surface area is 107 Å². The van der Waals surface area contributed by atoms with Crippen LogP contribution in [0.4, 0.5) is 4.39 Å². The average Bonchev–Trinajstić information content (AvgIpc) is 2.32. The summed E-state index contributed by atoms with van der Waals surface area (Å²) in [5, 5.41) is 0. The Hall–Kier alpha value is -1.42. The zero-order valence-electron chi connectivity index (χ0n) is 11.2. The van der Waals surface area contributed by atoms with Crippen molar-refractivity contribution in [2.45, 2.75) is 26.4 Å². The zero-order chi connectivity index (χ0) is 13.7. The number of carbonyl (C=O) groups excluding carboxylic acids is 1. The molecule has 1 rings (SSSR count). The molecule has 0 radical (unpaired) electrons. The lowest BCUT2D eigenvalue weighted by Crippen LogP contribution is -2.30. The van der Waals surface area contributed by atoms with E-state index >= 15 is 0 Å². The fraction of sp³-hybridized carbons (Fsp3) is 0.500. The molecule has 0 fully saturated rings. The van der Waals surface area contributed by atoms with E-state index < -0.39 is 11.9 Å². The molecule has 0 saturated carbocycles. The molecule has 0 aromatic heterocycles. The van der Waals surface area contributed by atoms with Crippen LogP contribution in [0.15, 0.2) is 18.2 Å². The third-order valence-electron chi connectivity index (χ3n) is 2.80. The van der Waals surface area contributed by atoms with Crippen molar-refractivity contribution in [3.8, 4) is 5.75 Å². The van der Waals surface area contributed by atoms with E-state index in [0.29, 0.717) is 5.56 Å². The fourth-order valence-corrected chi connectivity index (χ4v) is 1.91. The van der Waals surface area contributed by atoms with Gasteiger partial charge < -0.3 is 9.47 Å². The second-order valence-electron chi connectivity index (χ2n) is 4.48. The topological polar surface area (TPSA) is 35.5 Å². The van der Waals surface area contributed by atoms with Crippen molar-refractivity contribution in [3.05, 3.63) is 29.6 Å². The predicted octanol–water partition coefficient (Wildman–Crippen LogP) is 2.62. The Morgan fingerprint density at radius 1 is 1.33 bits per heavy atom. The number of carbonyl (C=O) groups is 1. The van der Waals surface area contributed by atoms with E-state index in [1.165, 1.54) is 20.3 Å². The predicted molar refractivity (Wildman–Crippen MR) is 67.3 cm³/mol. The summed E-state index contributed by atoms with van der Waals surface area (Å²) < 4.78 is 23.9. The minimum absolute atomic E-state index is 0.0136. The first-order chi connectivity index (χ1) is 8.51. The Morgan fingerprint density at radius 2 is 2.00 bits per heavy atom. The van der Waals surface area contributed by atoms with Gasteiger partial charge in [-0.2, -0.15) is 0 Å². The molecule has 1 aromatic rings. The van der Waals surface area contributed by atoms with Crippen LogP contribution in [0.1, 0.15) is 19.4 Å². The highest BCUT2D eigenvalue weighted by Gasteiger charge is 2.23. The lowest BCUT2D eigenvalue weighted by atomic mass is 9.97. The molecule has 1 unspecified atom stereocenters. The molecular weight excluding hydrogens is 235 g/mol. The van der Waals surface area contributed by atoms with E-state index in [0.717, 1.165) is 0 Å². The molecule has 0 heterocycles. The number of Topliss-reactive ketones (excluding diaryl/α,β-unsaturated/α-hetero) is 1. The van der Waals surface area contributed by atoms with E-state index in [4.69, 9.17) is 9.47 Å². The summed E-state index contributed by atoms with van der Waals surface area (Å²) in [6.07, 6.45) is -0.490. The standard InChI is InChI=1S/C14H19FO3/c1-9(2)14(18-4)11(16)8-10-6-5-7-12(17-3)13(10)15/h5-7,9,14H,8H2,1-4H3. The summed E-state index contributed by atoms with van der Waals surface area (Å²) in [4.78, 5) is 12.0. The molecule has 1 aromatic carbocycles. The van der Waals surface area contributed by atoms with Gasteiger partial charge in [-0.15, -0.1) is 0 Å². The van der Waals surface area contributed by atoms with E-state index in [2.05, 4.69) is 0 Å². The van der Waals surface area contributed by atoms with Crippen LogP contribution >= 0.6 is 0 Å². The highest BCUT2D eigenvalue weighted by Crippen LogP contribution is 2.21. The van der Waals surface area contributed by atoms with Gasteiger partial charge in [-0.3, -0.25) is 4.79 Å². The van der Waals surface area contributed by atoms with Gasteiger partial charge in [0, 0.05) is 13.5 Å². The second kappa shape index (κ2) is 6.50. The Morgan fingerprint density at radius 3 is 2.50 bits per heavy atom. The van der Waals surface area contributed by atoms with Crippen LogP contribution in [0.25, 0.3) is 0 Å². The SMILES string of the molecule is COc1cccc(CC(=O)C(OC)C(C)C)c1F. The first-order valence-electron chi connectivity index (χ1n) is 5.88. The van der Waals surface area contributed by atoms with Crippen molar-refractivity contribution in [3.63, 3.8) is 0 Å². The second-order valence-corrected chi connectivity index (χ2v) is 4.48. The average molecular weight is 254 g/mol. The molecule has 0 N–H and O–H groups in total. The van der Waals surface area contributed by atoms with Crippen molar-refractivity contribution in [2.75, 3.05) is 14.2 Å². The summed E-state index contributed by atoms with van der Waals surface area (Å²) in [7, 11) is 2.89. The van der Waals surface area contributed by atoms with Crippen LogP contribution in [0.5, 0.6) is 5.75 Å². The van der Waals surface area contributed by atoms with Crippen LogP contribution < -0.4 is 4.74 Å². The van der Waals surface area contributed by atoms with E-state index in [1.807, 2.05) is 13.8 Å². The fourth-order valence-electron chi connectivity index (χ4n) is 1.91. The van der Waals surface area contributed by atoms with Gasteiger partial charge in [0.15, 0.2) is 17.3 Å². The third kappa shape index (κ3) is 3.29. The van der Waals surface area contributed by atoms with Gasteiger partial charge in [-0.05, 0) is 17.5 Å². The first kappa shape index (κ1) is 14.6. The monoisotopic (exact) mass is 254 g/mol. The van der Waals surface area contributed by atoms with Gasteiger partial charge in [0.05, 0.1) is 7.11 Å². The van der Waals surface area contributed by atoms with Crippen LogP contribution in [0.2, 0.25) is 0 Å². The number of hydrogen-bond acceptors (Lipinski definition) is 3. The smallest absolute Gasteiger partial charge is 0.168 e. The van der Waals surface area contributed by atoms with Crippen molar-refractivity contribution in [1.82, 2.24) is 0 Å². The van der Waals surface area contributed by atoms with Gasteiger partial charge >= 0.3 is 0 Å². The van der Waals surface area contributed by atoms with E-state index in [1.54, 1.807) is 12.1 Å². The van der Waals surface area contributed by atoms with Crippen LogP contribution in [-0.4, -0.2) is 26.1 Å². The number of halogens is 1. The number of ether oxygens (including phenoxy) is 2. The summed E-state index contributed by atoms with van der Waals surface area (Å²) in [5.41, 5.74) is 0.335. The Balaban J connectivity index is 2.88. The summed E-state index contributed by atoms with van der Waals surface area (Å²) in [5.74, 6) is -0.387. The Bertz CT molecular complexity index is 416. The molecule has 0 aliphatic heterocycles. The maximum Gasteiger partial charge on any atom is 0.168 e. The van der Waals surface area contributed by atoms with Crippen LogP contribution in [0.3, 0.4) is 0 Å². The van der Waals surface area contributed by atoms with E-state index in [-0.39, 0.29) is 23.9 Å². The van der Waals surface area contributed by atoms with Gasteiger partial charge in [0.25, 0.3) is 0 Å². The van der Waals surface area contributed by atoms with Gasteiger partial charge in [-0.1, -0.05) is 26.0 Å². The number of ketones is 1. The first-order valence-corrected chi connectivity index (χ1v) is 5.88. The lowest BCUT2D eigenvalue weighted by Gasteiger charge is -2.18. The lowest BCUT2D eigenvalue weighted by molar-refractivity contribution is -0.130. The molecule has 18 heavy (non-hydrogen) atoms. The van der Waals surface area contributed by atoms with Crippen LogP contribution in [0, 0.1) is 11.7 Å². The highest BCUT2D eigenvalue weighted by molar-refractivity contribution is 5.85. The summed E-state index contributed by atoms with van der Waals surface area (Å²) >= 11 is 0. The van der Waals surface area contributed by atoms with Gasteiger partial charge in [-0.25, -0.2) is 4.39 Å². The molecule has 1 atom stereocenters.